The van der Waals surface area contributed by atoms with Crippen molar-refractivity contribution < 1.29 is 23.1 Å². The van der Waals surface area contributed by atoms with Gasteiger partial charge in [-0.25, -0.2) is 18.2 Å². The molecule has 2 aromatic rings. The second-order valence-electron chi connectivity index (χ2n) is 3.98. The largest absolute Gasteiger partial charge is 0.480 e. The van der Waals surface area contributed by atoms with E-state index in [0.717, 1.165) is 11.3 Å². The van der Waals surface area contributed by atoms with E-state index >= 15 is 0 Å². The van der Waals surface area contributed by atoms with Gasteiger partial charge in [-0.2, -0.15) is 0 Å². The fourth-order valence-electron chi connectivity index (χ4n) is 1.48. The molecule has 112 valence electrons. The molecule has 0 fully saturated rings. The van der Waals surface area contributed by atoms with Crippen molar-refractivity contribution >= 4 is 33.0 Å². The summed E-state index contributed by atoms with van der Waals surface area (Å²) < 4.78 is 31.9. The van der Waals surface area contributed by atoms with E-state index in [4.69, 9.17) is 9.84 Å². The lowest BCUT2D eigenvalue weighted by Gasteiger charge is -2.11. The number of nitrogens with one attached hydrogen (secondary N) is 1. The molecule has 1 aromatic carbocycles. The summed E-state index contributed by atoms with van der Waals surface area (Å²) in [5, 5.41) is 9.24. The van der Waals surface area contributed by atoms with Crippen LogP contribution in [0.4, 0.5) is 5.69 Å². The molecule has 0 aliphatic heterocycles. The number of carboxylic acid groups (broad SMARTS) is 1. The van der Waals surface area contributed by atoms with Gasteiger partial charge in [0.2, 0.25) is 0 Å². The number of ether oxygens (including phenoxy) is 1. The van der Waals surface area contributed by atoms with E-state index in [0.29, 0.717) is 5.01 Å². The van der Waals surface area contributed by atoms with Gasteiger partial charge in [-0.3, -0.25) is 4.72 Å². The molecule has 2 N–H and O–H groups in total. The standard InChI is InChI=1S/C12H12N2O5S2/c1-8-13-6-12(20-8)21(17,18)14-9-4-2-3-5-10(9)19-7-11(15)16/h2-6,14H,7H2,1H3,(H,15,16). The summed E-state index contributed by atoms with van der Waals surface area (Å²) in [6.45, 7) is 1.14. The van der Waals surface area contributed by atoms with Crippen LogP contribution < -0.4 is 9.46 Å². The number of rotatable bonds is 6. The third kappa shape index (κ3) is 3.92. The van der Waals surface area contributed by atoms with Crippen LogP contribution in [0.3, 0.4) is 0 Å². The Morgan fingerprint density at radius 3 is 2.76 bits per heavy atom. The van der Waals surface area contributed by atoms with Crippen LogP contribution in [0.2, 0.25) is 0 Å². The quantitative estimate of drug-likeness (QED) is 0.836. The maximum absolute atomic E-state index is 12.2. The molecular formula is C12H12N2O5S2. The summed E-state index contributed by atoms with van der Waals surface area (Å²) in [5.41, 5.74) is 0.171. The number of benzene rings is 1. The average Bonchev–Trinajstić information content (AvgIpc) is 2.85. The van der Waals surface area contributed by atoms with Crippen molar-refractivity contribution in [3.63, 3.8) is 0 Å². The first kappa shape index (κ1) is 15.3. The molecule has 0 aliphatic carbocycles. The zero-order valence-electron chi connectivity index (χ0n) is 10.9. The van der Waals surface area contributed by atoms with Gasteiger partial charge >= 0.3 is 5.97 Å². The van der Waals surface area contributed by atoms with Crippen molar-refractivity contribution in [1.82, 2.24) is 4.98 Å². The number of aromatic nitrogens is 1. The Balaban J connectivity index is 2.25. The van der Waals surface area contributed by atoms with E-state index in [1.54, 1.807) is 19.1 Å². The number of sulfonamides is 1. The molecule has 9 heteroatoms. The summed E-state index contributed by atoms with van der Waals surface area (Å²) in [6, 6.07) is 6.20. The molecule has 2 rings (SSSR count). The molecule has 0 atom stereocenters. The third-order valence-electron chi connectivity index (χ3n) is 2.35. The SMILES string of the molecule is Cc1ncc(S(=O)(=O)Nc2ccccc2OCC(=O)O)s1. The number of aryl methyl sites for hydroxylation is 1. The Kier molecular flexibility index (Phi) is 4.43. The number of carboxylic acids is 1. The highest BCUT2D eigenvalue weighted by Gasteiger charge is 2.19. The van der Waals surface area contributed by atoms with E-state index in [9.17, 15) is 13.2 Å². The Labute approximate surface area is 125 Å². The fourth-order valence-corrected chi connectivity index (χ4v) is 3.66. The maximum Gasteiger partial charge on any atom is 0.341 e. The van der Waals surface area contributed by atoms with Crippen LogP contribution in [0, 0.1) is 6.92 Å². The van der Waals surface area contributed by atoms with Crippen LogP contribution in [0.25, 0.3) is 0 Å². The molecule has 0 radical (unpaired) electrons. The zero-order valence-corrected chi connectivity index (χ0v) is 12.6. The minimum Gasteiger partial charge on any atom is -0.480 e. The Morgan fingerprint density at radius 2 is 2.14 bits per heavy atom. The van der Waals surface area contributed by atoms with E-state index < -0.39 is 22.6 Å². The molecule has 7 nitrogen and oxygen atoms in total. The van der Waals surface area contributed by atoms with E-state index in [-0.39, 0.29) is 15.6 Å². The van der Waals surface area contributed by atoms with Gasteiger partial charge in [0.15, 0.2) is 10.8 Å². The molecular weight excluding hydrogens is 316 g/mol. The first-order valence-corrected chi connectivity index (χ1v) is 8.07. The van der Waals surface area contributed by atoms with E-state index in [2.05, 4.69) is 9.71 Å². The van der Waals surface area contributed by atoms with Gasteiger partial charge in [-0.15, -0.1) is 11.3 Å². The zero-order chi connectivity index (χ0) is 15.5. The lowest BCUT2D eigenvalue weighted by molar-refractivity contribution is -0.139. The number of hydrogen-bond donors (Lipinski definition) is 2. The first-order chi connectivity index (χ1) is 9.88. The highest BCUT2D eigenvalue weighted by molar-refractivity contribution is 7.94. The second-order valence-corrected chi connectivity index (χ2v) is 7.13. The Morgan fingerprint density at radius 1 is 1.43 bits per heavy atom. The van der Waals surface area contributed by atoms with Gasteiger partial charge in [0, 0.05) is 0 Å². The van der Waals surface area contributed by atoms with Gasteiger partial charge in [0.05, 0.1) is 16.9 Å². The fraction of sp³-hybridized carbons (Fsp3) is 0.167. The first-order valence-electron chi connectivity index (χ1n) is 5.77. The normalized spacial score (nSPS) is 11.1. The third-order valence-corrected chi connectivity index (χ3v) is 5.09. The summed E-state index contributed by atoms with van der Waals surface area (Å²) in [7, 11) is -3.77. The van der Waals surface area contributed by atoms with Crippen molar-refractivity contribution in [2.75, 3.05) is 11.3 Å². The number of nitrogens with zero attached hydrogens (tertiary/aromatic N) is 1. The molecule has 0 bridgehead atoms. The molecule has 1 aromatic heterocycles. The number of anilines is 1. The second kappa shape index (κ2) is 6.10. The molecule has 0 amide bonds. The Bertz CT molecular complexity index is 755. The highest BCUT2D eigenvalue weighted by Crippen LogP contribution is 2.28. The van der Waals surface area contributed by atoms with Gasteiger partial charge in [-0.1, -0.05) is 12.1 Å². The molecule has 0 saturated heterocycles. The van der Waals surface area contributed by atoms with E-state index in [1.165, 1.54) is 18.3 Å². The number of thiazole rings is 1. The van der Waals surface area contributed by atoms with Crippen molar-refractivity contribution in [3.8, 4) is 5.75 Å². The lowest BCUT2D eigenvalue weighted by Crippen LogP contribution is -2.14. The summed E-state index contributed by atoms with van der Waals surface area (Å²) in [4.78, 5) is 14.4. The maximum atomic E-state index is 12.2. The molecule has 0 saturated carbocycles. The topological polar surface area (TPSA) is 106 Å². The van der Waals surface area contributed by atoms with Crippen LogP contribution in [0.15, 0.2) is 34.7 Å². The van der Waals surface area contributed by atoms with Crippen LogP contribution in [-0.4, -0.2) is 31.1 Å². The highest BCUT2D eigenvalue weighted by atomic mass is 32.2. The van der Waals surface area contributed by atoms with Crippen LogP contribution in [-0.2, 0) is 14.8 Å². The van der Waals surface area contributed by atoms with Crippen molar-refractivity contribution in [2.45, 2.75) is 11.1 Å². The van der Waals surface area contributed by atoms with Crippen LogP contribution in [0.1, 0.15) is 5.01 Å². The number of hydrogen-bond acceptors (Lipinski definition) is 6. The lowest BCUT2D eigenvalue weighted by atomic mass is 10.3. The molecule has 21 heavy (non-hydrogen) atoms. The number of para-hydroxylation sites is 2. The van der Waals surface area contributed by atoms with E-state index in [1.807, 2.05) is 0 Å². The molecule has 1 heterocycles. The smallest absolute Gasteiger partial charge is 0.341 e. The van der Waals surface area contributed by atoms with Gasteiger partial charge in [0.25, 0.3) is 10.0 Å². The van der Waals surface area contributed by atoms with Crippen LogP contribution in [0.5, 0.6) is 5.75 Å². The van der Waals surface area contributed by atoms with Gasteiger partial charge in [0.1, 0.15) is 5.75 Å². The van der Waals surface area contributed by atoms with Gasteiger partial charge in [-0.05, 0) is 19.1 Å². The molecule has 0 aliphatic rings. The predicted molar refractivity (Wildman–Crippen MR) is 77.2 cm³/mol. The Hall–Kier alpha value is -2.13. The van der Waals surface area contributed by atoms with Crippen molar-refractivity contribution in [3.05, 3.63) is 35.5 Å². The minimum absolute atomic E-state index is 0.0769. The summed E-state index contributed by atoms with van der Waals surface area (Å²) >= 11 is 1.04. The molecule has 0 unspecified atom stereocenters. The summed E-state index contributed by atoms with van der Waals surface area (Å²) in [5.74, 6) is -1.00. The number of carbonyl (C=O) groups is 1. The predicted octanol–water partition coefficient (Wildman–Crippen LogP) is 1.72. The average molecular weight is 328 g/mol. The van der Waals surface area contributed by atoms with Crippen LogP contribution >= 0.6 is 11.3 Å². The number of aliphatic carboxylic acids is 1. The summed E-state index contributed by atoms with van der Waals surface area (Å²) in [6.07, 6.45) is 1.27. The van der Waals surface area contributed by atoms with Crippen molar-refractivity contribution in [1.29, 1.82) is 0 Å². The van der Waals surface area contributed by atoms with Gasteiger partial charge < -0.3 is 9.84 Å². The van der Waals surface area contributed by atoms with Crippen molar-refractivity contribution in [2.24, 2.45) is 0 Å². The molecule has 0 spiro atoms. The monoisotopic (exact) mass is 328 g/mol. The minimum atomic E-state index is -3.77.